The third-order valence-corrected chi connectivity index (χ3v) is 3.95. The lowest BCUT2D eigenvalue weighted by Gasteiger charge is -2.37. The minimum absolute atomic E-state index is 0.0111. The molecule has 1 aliphatic heterocycles. The van der Waals surface area contributed by atoms with Gasteiger partial charge in [0.15, 0.2) is 0 Å². The van der Waals surface area contributed by atoms with E-state index in [4.69, 9.17) is 11.6 Å². The van der Waals surface area contributed by atoms with E-state index in [-0.39, 0.29) is 28.2 Å². The van der Waals surface area contributed by atoms with Crippen molar-refractivity contribution in [3.63, 3.8) is 0 Å². The van der Waals surface area contributed by atoms with Crippen molar-refractivity contribution in [2.75, 3.05) is 26.7 Å². The first-order chi connectivity index (χ1) is 9.41. The largest absolute Gasteiger partial charge is 0.336 e. The molecule has 0 radical (unpaired) electrons. The van der Waals surface area contributed by atoms with Gasteiger partial charge in [0.2, 0.25) is 0 Å². The summed E-state index contributed by atoms with van der Waals surface area (Å²) in [4.78, 5) is 26.8. The van der Waals surface area contributed by atoms with Crippen LogP contribution in [0.2, 0.25) is 5.02 Å². The van der Waals surface area contributed by atoms with Crippen molar-refractivity contribution in [2.24, 2.45) is 0 Å². The molecule has 0 bridgehead atoms. The molecule has 1 unspecified atom stereocenters. The molecule has 0 aliphatic carbocycles. The van der Waals surface area contributed by atoms with E-state index in [0.717, 1.165) is 6.54 Å². The van der Waals surface area contributed by atoms with Crippen molar-refractivity contribution in [3.8, 4) is 0 Å². The van der Waals surface area contributed by atoms with Crippen molar-refractivity contribution in [3.05, 3.63) is 38.9 Å². The third kappa shape index (κ3) is 2.76. The van der Waals surface area contributed by atoms with E-state index in [1.807, 2.05) is 14.0 Å². The van der Waals surface area contributed by atoms with Crippen molar-refractivity contribution >= 4 is 23.2 Å². The Morgan fingerprint density at radius 1 is 1.45 bits per heavy atom. The number of carbonyl (C=O) groups excluding carboxylic acids is 1. The first-order valence-corrected chi connectivity index (χ1v) is 6.72. The van der Waals surface area contributed by atoms with Crippen molar-refractivity contribution in [2.45, 2.75) is 13.0 Å². The fourth-order valence-corrected chi connectivity index (χ4v) is 2.52. The van der Waals surface area contributed by atoms with E-state index in [0.29, 0.717) is 13.1 Å². The summed E-state index contributed by atoms with van der Waals surface area (Å²) in [5.41, 5.74) is -0.259. The number of nitrogens with zero attached hydrogens (tertiary/aromatic N) is 3. The summed E-state index contributed by atoms with van der Waals surface area (Å²) in [7, 11) is 1.99. The minimum atomic E-state index is -0.602. The summed E-state index contributed by atoms with van der Waals surface area (Å²) >= 11 is 5.84. The van der Waals surface area contributed by atoms with E-state index in [1.54, 1.807) is 11.0 Å². The van der Waals surface area contributed by atoms with Crippen LogP contribution >= 0.6 is 11.6 Å². The van der Waals surface area contributed by atoms with E-state index < -0.39 is 4.92 Å². The van der Waals surface area contributed by atoms with Gasteiger partial charge in [0, 0.05) is 25.7 Å². The predicted molar refractivity (Wildman–Crippen MR) is 76.1 cm³/mol. The highest BCUT2D eigenvalue weighted by Crippen LogP contribution is 2.29. The molecule has 20 heavy (non-hydrogen) atoms. The zero-order valence-electron chi connectivity index (χ0n) is 11.4. The molecule has 0 saturated carbocycles. The van der Waals surface area contributed by atoms with Gasteiger partial charge in [0.25, 0.3) is 5.91 Å². The normalized spacial score (nSPS) is 19.9. The fraction of sp³-hybridized carbons (Fsp3) is 0.462. The van der Waals surface area contributed by atoms with Crippen LogP contribution in [-0.4, -0.2) is 53.4 Å². The zero-order chi connectivity index (χ0) is 14.9. The van der Waals surface area contributed by atoms with E-state index in [2.05, 4.69) is 4.90 Å². The molecule has 2 rings (SSSR count). The summed E-state index contributed by atoms with van der Waals surface area (Å²) in [5, 5.41) is 11.1. The van der Waals surface area contributed by atoms with Crippen LogP contribution in [0.5, 0.6) is 0 Å². The number of piperazine rings is 1. The van der Waals surface area contributed by atoms with Crippen molar-refractivity contribution < 1.29 is 9.72 Å². The molecular weight excluding hydrogens is 282 g/mol. The second-order valence-electron chi connectivity index (χ2n) is 4.97. The maximum atomic E-state index is 12.5. The molecule has 1 fully saturated rings. The average Bonchev–Trinajstić information content (AvgIpc) is 2.40. The molecule has 7 heteroatoms. The molecule has 1 aromatic carbocycles. The molecule has 1 aromatic rings. The molecule has 1 aliphatic rings. The van der Waals surface area contributed by atoms with Gasteiger partial charge in [-0.1, -0.05) is 17.7 Å². The number of nitro benzene ring substituents is 1. The minimum Gasteiger partial charge on any atom is -0.336 e. The van der Waals surface area contributed by atoms with Crippen LogP contribution in [0.4, 0.5) is 5.69 Å². The SMILES string of the molecule is CC1CN(C(=O)c2cccc(Cl)c2[N+](=O)[O-])CCN1C. The first kappa shape index (κ1) is 14.7. The molecular formula is C13H16ClN3O3. The number of amides is 1. The van der Waals surface area contributed by atoms with Gasteiger partial charge in [-0.3, -0.25) is 14.9 Å². The van der Waals surface area contributed by atoms with Crippen LogP contribution in [0.3, 0.4) is 0 Å². The number of hydrogen-bond acceptors (Lipinski definition) is 4. The Morgan fingerprint density at radius 2 is 2.15 bits per heavy atom. The van der Waals surface area contributed by atoms with Crippen LogP contribution in [0, 0.1) is 10.1 Å². The van der Waals surface area contributed by atoms with E-state index in [1.165, 1.54) is 12.1 Å². The highest BCUT2D eigenvalue weighted by molar-refractivity contribution is 6.33. The number of hydrogen-bond donors (Lipinski definition) is 0. The number of para-hydroxylation sites is 1. The van der Waals surface area contributed by atoms with Gasteiger partial charge in [0.05, 0.1) is 4.92 Å². The smallest absolute Gasteiger partial charge is 0.300 e. The monoisotopic (exact) mass is 297 g/mol. The Balaban J connectivity index is 2.30. The lowest BCUT2D eigenvalue weighted by molar-refractivity contribution is -0.385. The standard InChI is InChI=1S/C13H16ClN3O3/c1-9-8-16(7-6-15(9)2)13(18)10-4-3-5-11(14)12(10)17(19)20/h3-5,9H,6-8H2,1-2H3. The summed E-state index contributed by atoms with van der Waals surface area (Å²) < 4.78 is 0. The number of carbonyl (C=O) groups is 1. The first-order valence-electron chi connectivity index (χ1n) is 6.34. The Kier molecular flexibility index (Phi) is 4.25. The second-order valence-corrected chi connectivity index (χ2v) is 5.38. The molecule has 0 N–H and O–H groups in total. The topological polar surface area (TPSA) is 66.7 Å². The number of benzene rings is 1. The number of likely N-dealkylation sites (N-methyl/N-ethyl adjacent to an activating group) is 1. The van der Waals surface area contributed by atoms with Gasteiger partial charge in [-0.2, -0.15) is 0 Å². The van der Waals surface area contributed by atoms with Gasteiger partial charge < -0.3 is 9.80 Å². The van der Waals surface area contributed by atoms with Crippen molar-refractivity contribution in [1.82, 2.24) is 9.80 Å². The van der Waals surface area contributed by atoms with Crippen LogP contribution in [0.25, 0.3) is 0 Å². The Hall–Kier alpha value is -1.66. The molecule has 1 amide bonds. The summed E-state index contributed by atoms with van der Waals surface area (Å²) in [6, 6.07) is 4.66. The summed E-state index contributed by atoms with van der Waals surface area (Å²) in [6.07, 6.45) is 0. The molecule has 0 aromatic heterocycles. The lowest BCUT2D eigenvalue weighted by Crippen LogP contribution is -2.52. The quantitative estimate of drug-likeness (QED) is 0.619. The molecule has 1 heterocycles. The van der Waals surface area contributed by atoms with Crippen LogP contribution < -0.4 is 0 Å². The summed E-state index contributed by atoms with van der Waals surface area (Å²) in [5.74, 6) is -0.334. The molecule has 108 valence electrons. The van der Waals surface area contributed by atoms with Gasteiger partial charge in [-0.05, 0) is 26.1 Å². The maximum Gasteiger partial charge on any atom is 0.300 e. The van der Waals surface area contributed by atoms with Gasteiger partial charge in [0.1, 0.15) is 10.6 Å². The zero-order valence-corrected chi connectivity index (χ0v) is 12.1. The van der Waals surface area contributed by atoms with Crippen LogP contribution in [0.1, 0.15) is 17.3 Å². The van der Waals surface area contributed by atoms with Crippen LogP contribution in [-0.2, 0) is 0 Å². The Bertz CT molecular complexity index is 550. The lowest BCUT2D eigenvalue weighted by atomic mass is 10.1. The molecule has 1 saturated heterocycles. The van der Waals surface area contributed by atoms with Crippen LogP contribution in [0.15, 0.2) is 18.2 Å². The fourth-order valence-electron chi connectivity index (χ4n) is 2.28. The molecule has 0 spiro atoms. The van der Waals surface area contributed by atoms with Gasteiger partial charge >= 0.3 is 5.69 Å². The second kappa shape index (κ2) is 5.76. The van der Waals surface area contributed by atoms with Crippen molar-refractivity contribution in [1.29, 1.82) is 0 Å². The molecule has 1 atom stereocenters. The maximum absolute atomic E-state index is 12.5. The van der Waals surface area contributed by atoms with Gasteiger partial charge in [-0.25, -0.2) is 0 Å². The number of halogens is 1. The van der Waals surface area contributed by atoms with E-state index in [9.17, 15) is 14.9 Å². The van der Waals surface area contributed by atoms with Gasteiger partial charge in [-0.15, -0.1) is 0 Å². The molecule has 6 nitrogen and oxygen atoms in total. The number of rotatable bonds is 2. The average molecular weight is 298 g/mol. The number of nitro groups is 1. The Morgan fingerprint density at radius 3 is 2.75 bits per heavy atom. The van der Waals surface area contributed by atoms with E-state index >= 15 is 0 Å². The predicted octanol–water partition coefficient (Wildman–Crippen LogP) is 2.02. The summed E-state index contributed by atoms with van der Waals surface area (Å²) in [6.45, 7) is 3.88. The Labute approximate surface area is 122 Å². The highest BCUT2D eigenvalue weighted by Gasteiger charge is 2.30. The highest BCUT2D eigenvalue weighted by atomic mass is 35.5. The third-order valence-electron chi connectivity index (χ3n) is 3.65.